The molecule has 0 fully saturated rings. The van der Waals surface area contributed by atoms with Crippen molar-refractivity contribution in [3.05, 3.63) is 59.8 Å². The Balaban J connectivity index is 1.98. The van der Waals surface area contributed by atoms with Crippen molar-refractivity contribution >= 4 is 35.6 Å². The molecule has 2 heterocycles. The number of nitrogens with zero attached hydrogens (tertiary/aromatic N) is 6. The van der Waals surface area contributed by atoms with Gasteiger partial charge in [-0.05, 0) is 34.2 Å². The summed E-state index contributed by atoms with van der Waals surface area (Å²) in [7, 11) is 1.63. The molecule has 148 valence electrons. The van der Waals surface area contributed by atoms with E-state index in [1.54, 1.807) is 25.3 Å². The average molecular weight is 395 g/mol. The van der Waals surface area contributed by atoms with Crippen LogP contribution in [0.4, 0.5) is 16.6 Å². The van der Waals surface area contributed by atoms with Crippen molar-refractivity contribution in [1.82, 2.24) is 25.2 Å². The van der Waals surface area contributed by atoms with Gasteiger partial charge in [0.2, 0.25) is 5.91 Å². The lowest BCUT2D eigenvalue weighted by Gasteiger charge is -2.16. The molecule has 0 aliphatic heterocycles. The van der Waals surface area contributed by atoms with Gasteiger partial charge in [0.15, 0.2) is 5.76 Å². The Morgan fingerprint density at radius 1 is 1.17 bits per heavy atom. The molecule has 0 bridgehead atoms. The number of carbonyl (C=O) groups excluding carboxylic acids is 1. The fourth-order valence-corrected chi connectivity index (χ4v) is 2.35. The van der Waals surface area contributed by atoms with E-state index in [-0.39, 0.29) is 17.5 Å². The van der Waals surface area contributed by atoms with Crippen LogP contribution in [-0.2, 0) is 16.7 Å². The molecule has 2 amide bonds. The largest absolute Gasteiger partial charge is 0.464 e. The molecule has 0 radical (unpaired) electrons. The summed E-state index contributed by atoms with van der Waals surface area (Å²) in [5.41, 5.74) is 3.73. The second-order valence-corrected chi connectivity index (χ2v) is 5.77. The number of tetrazole rings is 1. The minimum Gasteiger partial charge on any atom is -0.464 e. The molecule has 0 saturated carbocycles. The summed E-state index contributed by atoms with van der Waals surface area (Å²) in [6, 6.07) is 13.9. The minimum atomic E-state index is -1.43. The van der Waals surface area contributed by atoms with Crippen LogP contribution in [-0.4, -0.2) is 42.3 Å². The average Bonchev–Trinajstić information content (AvgIpc) is 3.10. The summed E-state index contributed by atoms with van der Waals surface area (Å²) in [5, 5.41) is 20.3. The Labute approximate surface area is 165 Å². The van der Waals surface area contributed by atoms with Crippen LogP contribution in [0.5, 0.6) is 0 Å². The third-order valence-electron chi connectivity index (χ3n) is 3.69. The van der Waals surface area contributed by atoms with Crippen LogP contribution < -0.4 is 10.4 Å². The van der Waals surface area contributed by atoms with E-state index in [0.717, 1.165) is 12.5 Å². The number of aryl methyl sites for hydroxylation is 1. The first-order chi connectivity index (χ1) is 14.0. The standard InChI is InChI=1S/C18H17N7O4/c1-12(26)25(18(27)28)16-10-6-9-14(19-16)15(11-13-7-4-3-5-8-13)29-21-17-20-22-23-24(17)2/h3-11H,1-2H3,(H,27,28)(H,20,21,23)/b15-11-. The molecule has 3 aromatic rings. The Hall–Kier alpha value is -4.28. The maximum Gasteiger partial charge on any atom is 0.420 e. The van der Waals surface area contributed by atoms with Crippen molar-refractivity contribution in [2.75, 3.05) is 10.4 Å². The minimum absolute atomic E-state index is 0.0506. The first-order valence-corrected chi connectivity index (χ1v) is 8.38. The van der Waals surface area contributed by atoms with E-state index < -0.39 is 12.0 Å². The first-order valence-electron chi connectivity index (χ1n) is 8.38. The predicted molar refractivity (Wildman–Crippen MR) is 103 cm³/mol. The van der Waals surface area contributed by atoms with Crippen LogP contribution >= 0.6 is 0 Å². The molecule has 0 atom stereocenters. The quantitative estimate of drug-likeness (QED) is 0.475. The third kappa shape index (κ3) is 4.71. The SMILES string of the molecule is CC(=O)N(C(=O)O)c1cccc(/C(=C/c2ccccc2)ONc2nnnn2C)n1. The maximum atomic E-state index is 11.7. The van der Waals surface area contributed by atoms with Gasteiger partial charge in [-0.1, -0.05) is 41.5 Å². The smallest absolute Gasteiger partial charge is 0.420 e. The summed E-state index contributed by atoms with van der Waals surface area (Å²) >= 11 is 0. The third-order valence-corrected chi connectivity index (χ3v) is 3.69. The highest BCUT2D eigenvalue weighted by Gasteiger charge is 2.21. The van der Waals surface area contributed by atoms with Crippen molar-refractivity contribution in [2.24, 2.45) is 7.05 Å². The monoisotopic (exact) mass is 395 g/mol. The number of hydrogen-bond acceptors (Lipinski definition) is 8. The number of aromatic nitrogens is 5. The van der Waals surface area contributed by atoms with Gasteiger partial charge < -0.3 is 9.94 Å². The van der Waals surface area contributed by atoms with E-state index in [4.69, 9.17) is 4.84 Å². The lowest BCUT2D eigenvalue weighted by Crippen LogP contribution is -2.34. The van der Waals surface area contributed by atoms with Crippen LogP contribution in [0.25, 0.3) is 11.8 Å². The zero-order chi connectivity index (χ0) is 20.8. The van der Waals surface area contributed by atoms with Crippen molar-refractivity contribution in [2.45, 2.75) is 6.92 Å². The molecule has 0 aliphatic rings. The number of hydrogen-bond donors (Lipinski definition) is 2. The summed E-state index contributed by atoms with van der Waals surface area (Å²) in [6.45, 7) is 1.14. The van der Waals surface area contributed by atoms with Crippen LogP contribution in [0.2, 0.25) is 0 Å². The zero-order valence-electron chi connectivity index (χ0n) is 15.6. The maximum absolute atomic E-state index is 11.7. The van der Waals surface area contributed by atoms with Gasteiger partial charge in [0.1, 0.15) is 11.5 Å². The Morgan fingerprint density at radius 3 is 2.55 bits per heavy atom. The molecule has 0 spiro atoms. The van der Waals surface area contributed by atoms with Crippen LogP contribution in [0.1, 0.15) is 18.2 Å². The molecule has 0 unspecified atom stereocenters. The molecule has 29 heavy (non-hydrogen) atoms. The van der Waals surface area contributed by atoms with Gasteiger partial charge in [0.25, 0.3) is 5.95 Å². The summed E-state index contributed by atoms with van der Waals surface area (Å²) < 4.78 is 1.37. The van der Waals surface area contributed by atoms with E-state index >= 15 is 0 Å². The Kier molecular flexibility index (Phi) is 5.78. The van der Waals surface area contributed by atoms with Crippen molar-refractivity contribution in [3.63, 3.8) is 0 Å². The van der Waals surface area contributed by atoms with Crippen molar-refractivity contribution < 1.29 is 19.5 Å². The number of carboxylic acid groups (broad SMARTS) is 1. The topological polar surface area (TPSA) is 135 Å². The van der Waals surface area contributed by atoms with E-state index in [0.29, 0.717) is 10.6 Å². The highest BCUT2D eigenvalue weighted by molar-refractivity contribution is 6.09. The molecule has 11 nitrogen and oxygen atoms in total. The van der Waals surface area contributed by atoms with Gasteiger partial charge in [-0.15, -0.1) is 0 Å². The molecule has 1 aromatic carbocycles. The highest BCUT2D eigenvalue weighted by Crippen LogP contribution is 2.22. The molecule has 2 aromatic heterocycles. The lowest BCUT2D eigenvalue weighted by atomic mass is 10.2. The molecule has 0 aliphatic carbocycles. The molecule has 2 N–H and O–H groups in total. The molecule has 3 rings (SSSR count). The van der Waals surface area contributed by atoms with Gasteiger partial charge in [-0.3, -0.25) is 4.79 Å². The number of carbonyl (C=O) groups is 2. The Morgan fingerprint density at radius 2 is 1.93 bits per heavy atom. The summed E-state index contributed by atoms with van der Waals surface area (Å²) in [6.07, 6.45) is 0.266. The lowest BCUT2D eigenvalue weighted by molar-refractivity contribution is -0.116. The van der Waals surface area contributed by atoms with Gasteiger partial charge in [0, 0.05) is 14.0 Å². The second-order valence-electron chi connectivity index (χ2n) is 5.77. The molecular weight excluding hydrogens is 378 g/mol. The van der Waals surface area contributed by atoms with E-state index in [2.05, 4.69) is 26.0 Å². The van der Waals surface area contributed by atoms with Crippen LogP contribution in [0.3, 0.4) is 0 Å². The van der Waals surface area contributed by atoms with Gasteiger partial charge in [-0.2, -0.15) is 10.4 Å². The van der Waals surface area contributed by atoms with Gasteiger partial charge in [0.05, 0.1) is 0 Å². The molecule has 0 saturated heterocycles. The summed E-state index contributed by atoms with van der Waals surface area (Å²) in [5.74, 6) is -0.226. The highest BCUT2D eigenvalue weighted by atomic mass is 16.7. The van der Waals surface area contributed by atoms with Gasteiger partial charge >= 0.3 is 6.09 Å². The fraction of sp³-hybridized carbons (Fsp3) is 0.111. The first kappa shape index (κ1) is 19.5. The number of amides is 2. The Bertz CT molecular complexity index is 1040. The number of rotatable bonds is 6. The normalized spacial score (nSPS) is 11.0. The number of pyridine rings is 1. The number of benzene rings is 1. The van der Waals surface area contributed by atoms with Gasteiger partial charge in [-0.25, -0.2) is 14.5 Å². The van der Waals surface area contributed by atoms with E-state index in [9.17, 15) is 14.7 Å². The number of anilines is 2. The molecular formula is C18H17N7O4. The predicted octanol–water partition coefficient (Wildman–Crippen LogP) is 2.18. The van der Waals surface area contributed by atoms with E-state index in [1.165, 1.54) is 10.7 Å². The molecule has 11 heteroatoms. The number of nitrogens with one attached hydrogen (secondary N) is 1. The van der Waals surface area contributed by atoms with E-state index in [1.807, 2.05) is 30.3 Å². The van der Waals surface area contributed by atoms with Crippen LogP contribution in [0, 0.1) is 0 Å². The van der Waals surface area contributed by atoms with Crippen molar-refractivity contribution in [3.8, 4) is 0 Å². The van der Waals surface area contributed by atoms with Crippen molar-refractivity contribution in [1.29, 1.82) is 0 Å². The van der Waals surface area contributed by atoms with Crippen LogP contribution in [0.15, 0.2) is 48.5 Å². The second kappa shape index (κ2) is 8.61. The summed E-state index contributed by atoms with van der Waals surface area (Å²) in [4.78, 5) is 33.6. The number of imide groups is 1. The zero-order valence-corrected chi connectivity index (χ0v) is 15.6. The fourth-order valence-electron chi connectivity index (χ4n) is 2.35.